The smallest absolute Gasteiger partial charge is 0.346 e. The largest absolute Gasteiger partial charge is 0.477 e. The summed E-state index contributed by atoms with van der Waals surface area (Å²) in [7, 11) is 0. The number of carboxylic acid groups (broad SMARTS) is 1. The van der Waals surface area contributed by atoms with Gasteiger partial charge in [-0.15, -0.1) is 11.3 Å². The van der Waals surface area contributed by atoms with Gasteiger partial charge in [-0.2, -0.15) is 0 Å². The first-order chi connectivity index (χ1) is 6.61. The van der Waals surface area contributed by atoms with Crippen molar-refractivity contribution in [1.82, 2.24) is 0 Å². The van der Waals surface area contributed by atoms with Gasteiger partial charge in [-0.05, 0) is 36.3 Å². The van der Waals surface area contributed by atoms with Crippen molar-refractivity contribution in [1.29, 1.82) is 0 Å². The summed E-state index contributed by atoms with van der Waals surface area (Å²) < 4.78 is 0. The standard InChI is InChI=1S/C10H13BrO2S/c1-7(11)3-2-4-8-5-6-14-9(8)10(12)13/h5-7H,2-4H2,1H3,(H,12,13). The van der Waals surface area contributed by atoms with Crippen LogP contribution in [0.25, 0.3) is 0 Å². The number of aryl methyl sites for hydroxylation is 1. The van der Waals surface area contributed by atoms with Gasteiger partial charge in [-0.25, -0.2) is 4.79 Å². The Kier molecular flexibility index (Phi) is 4.62. The molecular formula is C10H13BrO2S. The van der Waals surface area contributed by atoms with E-state index in [-0.39, 0.29) is 0 Å². The zero-order valence-electron chi connectivity index (χ0n) is 8.00. The maximum Gasteiger partial charge on any atom is 0.346 e. The van der Waals surface area contributed by atoms with Crippen molar-refractivity contribution >= 4 is 33.2 Å². The Bertz CT molecular complexity index is 307. The third kappa shape index (κ3) is 3.42. The number of aromatic carboxylic acids is 1. The number of hydrogen-bond acceptors (Lipinski definition) is 2. The van der Waals surface area contributed by atoms with Crippen molar-refractivity contribution in [2.24, 2.45) is 0 Å². The molecule has 1 atom stereocenters. The van der Waals surface area contributed by atoms with Crippen LogP contribution in [0.2, 0.25) is 0 Å². The second-order valence-electron chi connectivity index (χ2n) is 3.25. The van der Waals surface area contributed by atoms with Crippen LogP contribution < -0.4 is 0 Å². The van der Waals surface area contributed by atoms with E-state index < -0.39 is 5.97 Å². The summed E-state index contributed by atoms with van der Waals surface area (Å²) in [6.45, 7) is 2.10. The number of carboxylic acids is 1. The van der Waals surface area contributed by atoms with Crippen molar-refractivity contribution in [3.63, 3.8) is 0 Å². The van der Waals surface area contributed by atoms with Crippen LogP contribution in [0, 0.1) is 0 Å². The van der Waals surface area contributed by atoms with Gasteiger partial charge in [-0.1, -0.05) is 22.9 Å². The average Bonchev–Trinajstić information content (AvgIpc) is 2.51. The molecule has 1 rings (SSSR count). The van der Waals surface area contributed by atoms with E-state index in [4.69, 9.17) is 5.11 Å². The second-order valence-corrected chi connectivity index (χ2v) is 5.73. The second kappa shape index (κ2) is 5.51. The van der Waals surface area contributed by atoms with E-state index in [1.165, 1.54) is 11.3 Å². The maximum absolute atomic E-state index is 10.8. The fourth-order valence-electron chi connectivity index (χ4n) is 1.29. The topological polar surface area (TPSA) is 37.3 Å². The fourth-order valence-corrected chi connectivity index (χ4v) is 2.41. The van der Waals surface area contributed by atoms with Crippen LogP contribution in [0.5, 0.6) is 0 Å². The van der Waals surface area contributed by atoms with Crippen molar-refractivity contribution in [3.8, 4) is 0 Å². The Morgan fingerprint density at radius 2 is 2.43 bits per heavy atom. The number of alkyl halides is 1. The van der Waals surface area contributed by atoms with Gasteiger partial charge < -0.3 is 5.11 Å². The summed E-state index contributed by atoms with van der Waals surface area (Å²) in [5.41, 5.74) is 0.968. The Morgan fingerprint density at radius 1 is 1.71 bits per heavy atom. The molecule has 1 N–H and O–H groups in total. The Balaban J connectivity index is 2.50. The number of rotatable bonds is 5. The molecule has 2 nitrogen and oxygen atoms in total. The third-order valence-corrected chi connectivity index (χ3v) is 3.39. The van der Waals surface area contributed by atoms with Gasteiger partial charge >= 0.3 is 5.97 Å². The van der Waals surface area contributed by atoms with Gasteiger partial charge in [0.15, 0.2) is 0 Å². The summed E-state index contributed by atoms with van der Waals surface area (Å²) in [6, 6.07) is 1.91. The first kappa shape index (κ1) is 11.7. The molecule has 0 bridgehead atoms. The van der Waals surface area contributed by atoms with Crippen LogP contribution in [-0.2, 0) is 6.42 Å². The van der Waals surface area contributed by atoms with Crippen molar-refractivity contribution in [3.05, 3.63) is 21.9 Å². The molecule has 0 aliphatic carbocycles. The van der Waals surface area contributed by atoms with Gasteiger partial charge in [0.25, 0.3) is 0 Å². The molecule has 0 amide bonds. The molecule has 4 heteroatoms. The van der Waals surface area contributed by atoms with Gasteiger partial charge in [0.05, 0.1) is 0 Å². The van der Waals surface area contributed by atoms with Crippen LogP contribution in [0.4, 0.5) is 0 Å². The molecule has 0 saturated heterocycles. The molecule has 0 spiro atoms. The van der Waals surface area contributed by atoms with E-state index in [1.54, 1.807) is 0 Å². The predicted octanol–water partition coefficient (Wildman–Crippen LogP) is 3.55. The van der Waals surface area contributed by atoms with E-state index in [0.29, 0.717) is 9.70 Å². The predicted molar refractivity (Wildman–Crippen MR) is 62.6 cm³/mol. The minimum absolute atomic E-state index is 0.493. The van der Waals surface area contributed by atoms with Crippen LogP contribution in [0.1, 0.15) is 35.0 Å². The zero-order chi connectivity index (χ0) is 10.6. The van der Waals surface area contributed by atoms with Crippen molar-refractivity contribution in [2.45, 2.75) is 31.0 Å². The number of thiophene rings is 1. The summed E-state index contributed by atoms with van der Waals surface area (Å²) >= 11 is 4.78. The average molecular weight is 277 g/mol. The normalized spacial score (nSPS) is 12.7. The monoisotopic (exact) mass is 276 g/mol. The Labute approximate surface area is 96.1 Å². The van der Waals surface area contributed by atoms with Gasteiger partial charge in [0.1, 0.15) is 4.88 Å². The van der Waals surface area contributed by atoms with Gasteiger partial charge in [-0.3, -0.25) is 0 Å². The molecule has 0 fully saturated rings. The Morgan fingerprint density at radius 3 is 3.00 bits per heavy atom. The molecule has 0 aromatic carbocycles. The van der Waals surface area contributed by atoms with E-state index in [9.17, 15) is 4.79 Å². The molecule has 0 aliphatic rings. The summed E-state index contributed by atoms with van der Waals surface area (Å²) in [5, 5.41) is 10.7. The highest BCUT2D eigenvalue weighted by Crippen LogP contribution is 2.19. The lowest BCUT2D eigenvalue weighted by atomic mass is 10.1. The van der Waals surface area contributed by atoms with Crippen molar-refractivity contribution in [2.75, 3.05) is 0 Å². The van der Waals surface area contributed by atoms with Crippen LogP contribution in [-0.4, -0.2) is 15.9 Å². The molecule has 1 aromatic heterocycles. The highest BCUT2D eigenvalue weighted by atomic mass is 79.9. The van der Waals surface area contributed by atoms with Gasteiger partial charge in [0, 0.05) is 4.83 Å². The molecule has 0 saturated carbocycles. The maximum atomic E-state index is 10.8. The molecule has 14 heavy (non-hydrogen) atoms. The summed E-state index contributed by atoms with van der Waals surface area (Å²) in [6.07, 6.45) is 2.97. The third-order valence-electron chi connectivity index (χ3n) is 1.99. The lowest BCUT2D eigenvalue weighted by Gasteiger charge is -2.02. The lowest BCUT2D eigenvalue weighted by molar-refractivity contribution is 0.0701. The molecule has 1 aromatic rings. The molecule has 1 unspecified atom stereocenters. The first-order valence-electron chi connectivity index (χ1n) is 4.55. The molecule has 0 radical (unpaired) electrons. The summed E-state index contributed by atoms with van der Waals surface area (Å²) in [4.78, 5) is 11.8. The van der Waals surface area contributed by atoms with Crippen LogP contribution >= 0.6 is 27.3 Å². The van der Waals surface area contributed by atoms with Crippen LogP contribution in [0.3, 0.4) is 0 Å². The SMILES string of the molecule is CC(Br)CCCc1ccsc1C(=O)O. The van der Waals surface area contributed by atoms with E-state index in [1.807, 2.05) is 11.4 Å². The van der Waals surface area contributed by atoms with Crippen molar-refractivity contribution < 1.29 is 9.90 Å². The molecule has 0 aliphatic heterocycles. The highest BCUT2D eigenvalue weighted by Gasteiger charge is 2.10. The summed E-state index contributed by atoms with van der Waals surface area (Å²) in [5.74, 6) is -0.804. The quantitative estimate of drug-likeness (QED) is 0.836. The minimum atomic E-state index is -0.804. The number of hydrogen-bond donors (Lipinski definition) is 1. The van der Waals surface area contributed by atoms with E-state index >= 15 is 0 Å². The number of halogens is 1. The zero-order valence-corrected chi connectivity index (χ0v) is 10.4. The van der Waals surface area contributed by atoms with Gasteiger partial charge in [0.2, 0.25) is 0 Å². The fraction of sp³-hybridized carbons (Fsp3) is 0.500. The van der Waals surface area contributed by atoms with E-state index in [2.05, 4.69) is 22.9 Å². The Hall–Kier alpha value is -0.350. The minimum Gasteiger partial charge on any atom is -0.477 e. The first-order valence-corrected chi connectivity index (χ1v) is 6.34. The van der Waals surface area contributed by atoms with E-state index in [0.717, 1.165) is 24.8 Å². The molecule has 1 heterocycles. The number of carbonyl (C=O) groups is 1. The highest BCUT2D eigenvalue weighted by molar-refractivity contribution is 9.09. The lowest BCUT2D eigenvalue weighted by Crippen LogP contribution is -1.99. The molecule has 78 valence electrons. The van der Waals surface area contributed by atoms with Crippen LogP contribution in [0.15, 0.2) is 11.4 Å². The molecular weight excluding hydrogens is 264 g/mol.